The monoisotopic (exact) mass is 259 g/mol. The molecule has 0 spiro atoms. The third kappa shape index (κ3) is 2.02. The van der Waals surface area contributed by atoms with Crippen LogP contribution in [0.1, 0.15) is 6.42 Å². The summed E-state index contributed by atoms with van der Waals surface area (Å²) in [5.41, 5.74) is -0.180. The van der Waals surface area contributed by atoms with Crippen LogP contribution in [-0.2, 0) is 9.59 Å². The van der Waals surface area contributed by atoms with Crippen molar-refractivity contribution >= 4 is 29.1 Å². The molecular formula is C11H8ClF2NO2. The molecule has 0 aromatic heterocycles. The number of carbonyl (C=O) groups is 2. The van der Waals surface area contributed by atoms with E-state index in [1.165, 1.54) is 12.1 Å². The van der Waals surface area contributed by atoms with E-state index in [1.807, 2.05) is 0 Å². The second-order valence-corrected chi connectivity index (χ2v) is 4.15. The summed E-state index contributed by atoms with van der Waals surface area (Å²) in [6.07, 6.45) is -0.225. The van der Waals surface area contributed by atoms with Crippen molar-refractivity contribution in [2.45, 2.75) is 6.42 Å². The number of hydrogen-bond donors (Lipinski definition) is 0. The predicted octanol–water partition coefficient (Wildman–Crippen LogP) is 2.33. The quantitative estimate of drug-likeness (QED) is 0.765. The molecule has 1 aromatic rings. The average Bonchev–Trinajstić information content (AvgIpc) is 2.55. The minimum atomic E-state index is -1.00. The number of alkyl halides is 1. The van der Waals surface area contributed by atoms with Crippen LogP contribution in [0.15, 0.2) is 18.2 Å². The zero-order valence-corrected chi connectivity index (χ0v) is 9.38. The van der Waals surface area contributed by atoms with E-state index in [-0.39, 0.29) is 17.1 Å². The highest BCUT2D eigenvalue weighted by Gasteiger charge is 2.40. The second kappa shape index (κ2) is 4.41. The second-order valence-electron chi connectivity index (χ2n) is 3.72. The van der Waals surface area contributed by atoms with Gasteiger partial charge in [0.05, 0.1) is 11.6 Å². The minimum Gasteiger partial charge on any atom is -0.274 e. The van der Waals surface area contributed by atoms with E-state index in [1.54, 1.807) is 0 Å². The van der Waals surface area contributed by atoms with Crippen LogP contribution in [-0.4, -0.2) is 18.5 Å². The van der Waals surface area contributed by atoms with Crippen molar-refractivity contribution in [1.82, 2.24) is 0 Å². The van der Waals surface area contributed by atoms with Gasteiger partial charge in [0.15, 0.2) is 0 Å². The van der Waals surface area contributed by atoms with E-state index < -0.39 is 30.2 Å². The number of amides is 2. The molecule has 17 heavy (non-hydrogen) atoms. The molecule has 0 bridgehead atoms. The fourth-order valence-corrected chi connectivity index (χ4v) is 1.89. The standard InChI is InChI=1S/C11H8ClF2NO2/c12-7-1-2-9(8(14)4-7)15-10(16)3-6(5-13)11(15)17/h1-2,4,6H,3,5H2. The maximum absolute atomic E-state index is 13.6. The zero-order chi connectivity index (χ0) is 12.6. The Morgan fingerprint density at radius 3 is 2.65 bits per heavy atom. The molecule has 0 saturated carbocycles. The van der Waals surface area contributed by atoms with Gasteiger partial charge in [-0.3, -0.25) is 14.0 Å². The lowest BCUT2D eigenvalue weighted by Crippen LogP contribution is -2.31. The van der Waals surface area contributed by atoms with Gasteiger partial charge in [-0.25, -0.2) is 9.29 Å². The summed E-state index contributed by atoms with van der Waals surface area (Å²) in [5, 5.41) is 0.160. The van der Waals surface area contributed by atoms with E-state index in [0.717, 1.165) is 6.07 Å². The molecule has 0 radical (unpaired) electrons. The van der Waals surface area contributed by atoms with Crippen molar-refractivity contribution < 1.29 is 18.4 Å². The Kier molecular flexibility index (Phi) is 3.11. The van der Waals surface area contributed by atoms with Crippen LogP contribution in [0.2, 0.25) is 5.02 Å². The first-order valence-corrected chi connectivity index (χ1v) is 5.30. The third-order valence-corrected chi connectivity index (χ3v) is 2.81. The number of anilines is 1. The number of halogens is 3. The maximum Gasteiger partial charge on any atom is 0.240 e. The molecule has 0 N–H and O–H groups in total. The van der Waals surface area contributed by atoms with E-state index in [4.69, 9.17) is 11.6 Å². The largest absolute Gasteiger partial charge is 0.274 e. The highest BCUT2D eigenvalue weighted by molar-refractivity contribution is 6.30. The molecular weight excluding hydrogens is 252 g/mol. The highest BCUT2D eigenvalue weighted by Crippen LogP contribution is 2.30. The summed E-state index contributed by atoms with van der Waals surface area (Å²) >= 11 is 5.56. The lowest BCUT2D eigenvalue weighted by atomic mass is 10.1. The van der Waals surface area contributed by atoms with Gasteiger partial charge in [0, 0.05) is 11.4 Å². The third-order valence-electron chi connectivity index (χ3n) is 2.58. The number of benzene rings is 1. The summed E-state index contributed by atoms with van der Waals surface area (Å²) in [6.45, 7) is -0.920. The molecule has 1 atom stereocenters. The minimum absolute atomic E-state index is 0.160. The molecule has 6 heteroatoms. The average molecular weight is 260 g/mol. The molecule has 90 valence electrons. The lowest BCUT2D eigenvalue weighted by Gasteiger charge is -2.15. The molecule has 1 aliphatic rings. The molecule has 0 aliphatic carbocycles. The Balaban J connectivity index is 2.40. The predicted molar refractivity (Wildman–Crippen MR) is 58.0 cm³/mol. The SMILES string of the molecule is O=C1CC(CF)C(=O)N1c1ccc(Cl)cc1F. The van der Waals surface area contributed by atoms with Crippen molar-refractivity contribution in [1.29, 1.82) is 0 Å². The number of imide groups is 1. The van der Waals surface area contributed by atoms with Crippen LogP contribution in [0.25, 0.3) is 0 Å². The number of carbonyl (C=O) groups excluding carboxylic acids is 2. The smallest absolute Gasteiger partial charge is 0.240 e. The number of nitrogens with zero attached hydrogens (tertiary/aromatic N) is 1. The molecule has 2 amide bonds. The van der Waals surface area contributed by atoms with Gasteiger partial charge in [0.1, 0.15) is 12.5 Å². The molecule has 1 saturated heterocycles. The topological polar surface area (TPSA) is 37.4 Å². The van der Waals surface area contributed by atoms with Gasteiger partial charge in [-0.1, -0.05) is 11.6 Å². The van der Waals surface area contributed by atoms with Gasteiger partial charge >= 0.3 is 0 Å². The summed E-state index contributed by atoms with van der Waals surface area (Å²) in [7, 11) is 0. The van der Waals surface area contributed by atoms with Crippen LogP contribution < -0.4 is 4.90 Å². The molecule has 2 rings (SSSR count). The molecule has 1 heterocycles. The van der Waals surface area contributed by atoms with Crippen LogP contribution in [0, 0.1) is 11.7 Å². The van der Waals surface area contributed by atoms with Crippen LogP contribution in [0.3, 0.4) is 0 Å². The van der Waals surface area contributed by atoms with E-state index in [2.05, 4.69) is 0 Å². The highest BCUT2D eigenvalue weighted by atomic mass is 35.5. The first-order valence-electron chi connectivity index (χ1n) is 4.92. The van der Waals surface area contributed by atoms with E-state index in [0.29, 0.717) is 4.90 Å². The molecule has 3 nitrogen and oxygen atoms in total. The van der Waals surface area contributed by atoms with Gasteiger partial charge < -0.3 is 0 Å². The van der Waals surface area contributed by atoms with Gasteiger partial charge in [0.25, 0.3) is 0 Å². The summed E-state index contributed by atoms with van der Waals surface area (Å²) in [6, 6.07) is 3.59. The molecule has 1 fully saturated rings. The van der Waals surface area contributed by atoms with E-state index >= 15 is 0 Å². The summed E-state index contributed by atoms with van der Waals surface area (Å²) in [4.78, 5) is 23.9. The van der Waals surface area contributed by atoms with Crippen LogP contribution >= 0.6 is 11.6 Å². The van der Waals surface area contributed by atoms with Gasteiger partial charge in [-0.15, -0.1) is 0 Å². The molecule has 1 aliphatic heterocycles. The Morgan fingerprint density at radius 2 is 2.12 bits per heavy atom. The first kappa shape index (κ1) is 12.0. The Morgan fingerprint density at radius 1 is 1.41 bits per heavy atom. The number of rotatable bonds is 2. The lowest BCUT2D eigenvalue weighted by molar-refractivity contribution is -0.122. The van der Waals surface area contributed by atoms with Crippen LogP contribution in [0.4, 0.5) is 14.5 Å². The molecule has 1 unspecified atom stereocenters. The van der Waals surface area contributed by atoms with Crippen molar-refractivity contribution in [3.05, 3.63) is 29.0 Å². The fourth-order valence-electron chi connectivity index (χ4n) is 1.73. The van der Waals surface area contributed by atoms with Crippen molar-refractivity contribution in [2.75, 3.05) is 11.6 Å². The van der Waals surface area contributed by atoms with Crippen molar-refractivity contribution in [2.24, 2.45) is 5.92 Å². The van der Waals surface area contributed by atoms with Crippen molar-refractivity contribution in [3.63, 3.8) is 0 Å². The van der Waals surface area contributed by atoms with Crippen LogP contribution in [0.5, 0.6) is 0 Å². The molecule has 1 aromatic carbocycles. The zero-order valence-electron chi connectivity index (χ0n) is 8.62. The van der Waals surface area contributed by atoms with Gasteiger partial charge in [-0.05, 0) is 18.2 Å². The Bertz CT molecular complexity index is 492. The Hall–Kier alpha value is -1.49. The van der Waals surface area contributed by atoms with Crippen molar-refractivity contribution in [3.8, 4) is 0 Å². The Labute approximate surface area is 101 Å². The summed E-state index contributed by atoms with van der Waals surface area (Å²) < 4.78 is 26.0. The summed E-state index contributed by atoms with van der Waals surface area (Å²) in [5.74, 6) is -3.09. The fraction of sp³-hybridized carbons (Fsp3) is 0.273. The van der Waals surface area contributed by atoms with Gasteiger partial charge in [0.2, 0.25) is 11.8 Å². The number of hydrogen-bond acceptors (Lipinski definition) is 2. The first-order chi connectivity index (χ1) is 8.04. The normalized spacial score (nSPS) is 20.2. The maximum atomic E-state index is 13.6. The van der Waals surface area contributed by atoms with E-state index in [9.17, 15) is 18.4 Å². The van der Waals surface area contributed by atoms with Gasteiger partial charge in [-0.2, -0.15) is 0 Å².